The van der Waals surface area contributed by atoms with E-state index in [9.17, 15) is 10.1 Å². The molecular weight excluding hydrogens is 308 g/mol. The summed E-state index contributed by atoms with van der Waals surface area (Å²) in [6.45, 7) is 3.79. The van der Waals surface area contributed by atoms with Gasteiger partial charge in [0.2, 0.25) is 5.75 Å². The molecule has 1 aliphatic heterocycles. The first-order chi connectivity index (χ1) is 10.5. The molecule has 116 valence electrons. The van der Waals surface area contributed by atoms with E-state index in [1.165, 1.54) is 7.11 Å². The topological polar surface area (TPSA) is 73.4 Å². The molecule has 2 aromatic rings. The zero-order valence-corrected chi connectivity index (χ0v) is 13.0. The Morgan fingerprint density at radius 1 is 1.45 bits per heavy atom. The van der Waals surface area contributed by atoms with Crippen molar-refractivity contribution in [3.8, 4) is 5.75 Å². The Balaban J connectivity index is 2.00. The average molecular weight is 323 g/mol. The van der Waals surface area contributed by atoms with Gasteiger partial charge >= 0.3 is 5.69 Å². The number of pyridine rings is 1. The molecule has 0 aliphatic carbocycles. The van der Waals surface area contributed by atoms with Crippen molar-refractivity contribution < 1.29 is 9.66 Å². The number of rotatable bonds is 4. The molecule has 0 bridgehead atoms. The van der Waals surface area contributed by atoms with Crippen molar-refractivity contribution in [2.24, 2.45) is 0 Å². The van der Waals surface area contributed by atoms with Crippen molar-refractivity contribution in [1.82, 2.24) is 9.55 Å². The lowest BCUT2D eigenvalue weighted by Crippen LogP contribution is -2.20. The monoisotopic (exact) mass is 322 g/mol. The minimum atomic E-state index is -0.379. The van der Waals surface area contributed by atoms with E-state index in [2.05, 4.69) is 4.98 Å². The lowest BCUT2D eigenvalue weighted by molar-refractivity contribution is -0.384. The second kappa shape index (κ2) is 5.49. The van der Waals surface area contributed by atoms with E-state index in [1.54, 1.807) is 12.3 Å². The normalized spacial score (nSPS) is 13.3. The SMILES string of the molecule is COc1c([N+](=O)[O-])c2n(c1C)CCN2Cc1ccc(Cl)nc1. The number of ether oxygens (including phenoxy) is 1. The summed E-state index contributed by atoms with van der Waals surface area (Å²) >= 11 is 5.78. The summed E-state index contributed by atoms with van der Waals surface area (Å²) in [5, 5.41) is 11.9. The fourth-order valence-electron chi connectivity index (χ4n) is 2.89. The number of fused-ring (bicyclic) bond motifs is 1. The molecule has 0 saturated heterocycles. The van der Waals surface area contributed by atoms with Gasteiger partial charge in [-0.25, -0.2) is 4.98 Å². The van der Waals surface area contributed by atoms with E-state index < -0.39 is 0 Å². The molecule has 1 aliphatic rings. The highest BCUT2D eigenvalue weighted by atomic mass is 35.5. The number of halogens is 1. The Kier molecular flexibility index (Phi) is 3.66. The van der Waals surface area contributed by atoms with E-state index in [4.69, 9.17) is 16.3 Å². The predicted octanol–water partition coefficient (Wildman–Crippen LogP) is 2.78. The number of hydrogen-bond acceptors (Lipinski definition) is 5. The summed E-state index contributed by atoms with van der Waals surface area (Å²) in [6, 6.07) is 3.59. The number of hydrogen-bond donors (Lipinski definition) is 0. The second-order valence-electron chi connectivity index (χ2n) is 5.11. The predicted molar refractivity (Wildman–Crippen MR) is 82.7 cm³/mol. The van der Waals surface area contributed by atoms with Crippen molar-refractivity contribution in [3.05, 3.63) is 44.9 Å². The quantitative estimate of drug-likeness (QED) is 0.491. The van der Waals surface area contributed by atoms with Crippen LogP contribution in [0.1, 0.15) is 11.3 Å². The molecule has 0 aromatic carbocycles. The molecule has 22 heavy (non-hydrogen) atoms. The molecule has 0 fully saturated rings. The molecule has 8 heteroatoms. The molecule has 3 heterocycles. The third kappa shape index (κ3) is 2.27. The molecule has 0 amide bonds. The molecule has 2 aromatic heterocycles. The van der Waals surface area contributed by atoms with Gasteiger partial charge in [0.1, 0.15) is 5.15 Å². The van der Waals surface area contributed by atoms with E-state index in [1.807, 2.05) is 22.5 Å². The van der Waals surface area contributed by atoms with Gasteiger partial charge < -0.3 is 14.2 Å². The minimum Gasteiger partial charge on any atom is -0.489 e. The molecule has 0 N–H and O–H groups in total. The van der Waals surface area contributed by atoms with Crippen LogP contribution in [0.3, 0.4) is 0 Å². The van der Waals surface area contributed by atoms with Gasteiger partial charge in [-0.2, -0.15) is 0 Å². The summed E-state index contributed by atoms with van der Waals surface area (Å²) in [5.74, 6) is 0.924. The highest BCUT2D eigenvalue weighted by molar-refractivity contribution is 6.29. The van der Waals surface area contributed by atoms with Crippen molar-refractivity contribution in [2.45, 2.75) is 20.0 Å². The first kappa shape index (κ1) is 14.6. The molecule has 0 spiro atoms. The summed E-state index contributed by atoms with van der Waals surface area (Å²) in [4.78, 5) is 17.1. The van der Waals surface area contributed by atoms with Gasteiger partial charge in [0.25, 0.3) is 0 Å². The Morgan fingerprint density at radius 3 is 2.82 bits per heavy atom. The second-order valence-corrected chi connectivity index (χ2v) is 5.50. The highest BCUT2D eigenvalue weighted by Gasteiger charge is 2.37. The van der Waals surface area contributed by atoms with Gasteiger partial charge in [-0.1, -0.05) is 17.7 Å². The Labute approximate surface area is 132 Å². The maximum absolute atomic E-state index is 11.5. The summed E-state index contributed by atoms with van der Waals surface area (Å²) < 4.78 is 7.16. The zero-order chi connectivity index (χ0) is 15.9. The first-order valence-electron chi connectivity index (χ1n) is 6.79. The maximum atomic E-state index is 11.5. The van der Waals surface area contributed by atoms with E-state index in [0.717, 1.165) is 11.3 Å². The van der Waals surface area contributed by atoms with Crippen molar-refractivity contribution in [1.29, 1.82) is 0 Å². The zero-order valence-electron chi connectivity index (χ0n) is 12.2. The Morgan fingerprint density at radius 2 is 2.23 bits per heavy atom. The van der Waals surface area contributed by atoms with Crippen LogP contribution in [-0.4, -0.2) is 28.1 Å². The van der Waals surface area contributed by atoms with Crippen LogP contribution < -0.4 is 9.64 Å². The Hall–Kier alpha value is -2.28. The molecule has 7 nitrogen and oxygen atoms in total. The Bertz CT molecular complexity index is 727. The van der Waals surface area contributed by atoms with Gasteiger partial charge in [-0.3, -0.25) is 10.1 Å². The summed E-state index contributed by atoms with van der Waals surface area (Å²) in [6.07, 6.45) is 1.68. The van der Waals surface area contributed by atoms with Crippen molar-refractivity contribution in [3.63, 3.8) is 0 Å². The van der Waals surface area contributed by atoms with Gasteiger partial charge in [0.15, 0.2) is 5.82 Å². The van der Waals surface area contributed by atoms with Crippen LogP contribution in [0.15, 0.2) is 18.3 Å². The molecule has 3 rings (SSSR count). The fraction of sp³-hybridized carbons (Fsp3) is 0.357. The smallest absolute Gasteiger partial charge is 0.353 e. The minimum absolute atomic E-state index is 0.0272. The van der Waals surface area contributed by atoms with E-state index in [0.29, 0.717) is 36.4 Å². The summed E-state index contributed by atoms with van der Waals surface area (Å²) in [7, 11) is 1.46. The molecule has 0 atom stereocenters. The molecule has 0 saturated carbocycles. The average Bonchev–Trinajstić information content (AvgIpc) is 3.01. The van der Waals surface area contributed by atoms with Crippen LogP contribution in [0, 0.1) is 17.0 Å². The van der Waals surface area contributed by atoms with Crippen LogP contribution in [0.5, 0.6) is 5.75 Å². The molecular formula is C14H15ClN4O3. The van der Waals surface area contributed by atoms with Crippen LogP contribution in [-0.2, 0) is 13.1 Å². The molecule has 0 unspecified atom stereocenters. The number of aromatic nitrogens is 2. The number of anilines is 1. The van der Waals surface area contributed by atoms with Crippen LogP contribution >= 0.6 is 11.6 Å². The van der Waals surface area contributed by atoms with Gasteiger partial charge in [0, 0.05) is 25.8 Å². The molecule has 0 radical (unpaired) electrons. The van der Waals surface area contributed by atoms with Crippen LogP contribution in [0.4, 0.5) is 11.5 Å². The summed E-state index contributed by atoms with van der Waals surface area (Å²) in [5.41, 5.74) is 1.75. The lowest BCUT2D eigenvalue weighted by atomic mass is 10.2. The number of nitrogens with zero attached hydrogens (tertiary/aromatic N) is 4. The lowest BCUT2D eigenvalue weighted by Gasteiger charge is -2.16. The number of methoxy groups -OCH3 is 1. The number of nitro groups is 1. The van der Waals surface area contributed by atoms with Gasteiger partial charge in [-0.05, 0) is 18.6 Å². The first-order valence-corrected chi connectivity index (χ1v) is 7.17. The third-order valence-electron chi connectivity index (χ3n) is 3.86. The van der Waals surface area contributed by atoms with Crippen molar-refractivity contribution in [2.75, 3.05) is 18.6 Å². The van der Waals surface area contributed by atoms with Crippen LogP contribution in [0.25, 0.3) is 0 Å². The largest absolute Gasteiger partial charge is 0.489 e. The highest BCUT2D eigenvalue weighted by Crippen LogP contribution is 2.45. The fourth-order valence-corrected chi connectivity index (χ4v) is 3.00. The van der Waals surface area contributed by atoms with Crippen molar-refractivity contribution >= 4 is 23.1 Å². The van der Waals surface area contributed by atoms with Gasteiger partial charge in [0.05, 0.1) is 17.7 Å². The third-order valence-corrected chi connectivity index (χ3v) is 4.08. The van der Waals surface area contributed by atoms with Gasteiger partial charge in [-0.15, -0.1) is 0 Å². The van der Waals surface area contributed by atoms with E-state index >= 15 is 0 Å². The van der Waals surface area contributed by atoms with E-state index in [-0.39, 0.29) is 10.6 Å². The standard InChI is InChI=1S/C14H15ClN4O3/c1-9-13(22-2)12(19(20)21)14-17(5-6-18(9)14)8-10-3-4-11(15)16-7-10/h3-4,7H,5-6,8H2,1-2H3. The van der Waals surface area contributed by atoms with Crippen LogP contribution in [0.2, 0.25) is 5.15 Å². The maximum Gasteiger partial charge on any atom is 0.353 e.